The van der Waals surface area contributed by atoms with E-state index >= 15 is 0 Å². The molecule has 2 aliphatic rings. The van der Waals surface area contributed by atoms with Gasteiger partial charge in [0.25, 0.3) is 12.0 Å². The number of aromatic nitrogens is 4. The van der Waals surface area contributed by atoms with Crippen molar-refractivity contribution in [3.8, 4) is 28.3 Å². The highest BCUT2D eigenvalue weighted by molar-refractivity contribution is 6.39. The van der Waals surface area contributed by atoms with Gasteiger partial charge in [-0.05, 0) is 56.5 Å². The molecule has 4 heterocycles. The van der Waals surface area contributed by atoms with Crippen molar-refractivity contribution in [2.45, 2.75) is 44.6 Å². The first-order valence-electron chi connectivity index (χ1n) is 16.1. The number of benzene rings is 2. The van der Waals surface area contributed by atoms with Crippen molar-refractivity contribution in [1.29, 1.82) is 0 Å². The molecule has 1 unspecified atom stereocenters. The van der Waals surface area contributed by atoms with Gasteiger partial charge in [-0.1, -0.05) is 53.5 Å². The van der Waals surface area contributed by atoms with Gasteiger partial charge < -0.3 is 20.7 Å². The number of pyridine rings is 2. The van der Waals surface area contributed by atoms with Gasteiger partial charge in [0.2, 0.25) is 11.8 Å². The van der Waals surface area contributed by atoms with Crippen molar-refractivity contribution in [1.82, 2.24) is 30.4 Å². The molecule has 3 N–H and O–H groups in total. The van der Waals surface area contributed by atoms with Crippen molar-refractivity contribution in [2.75, 3.05) is 26.0 Å². The molecule has 10 nitrogen and oxygen atoms in total. The molecule has 0 saturated carbocycles. The van der Waals surface area contributed by atoms with Crippen LogP contribution < -0.4 is 26.2 Å². The largest absolute Gasteiger partial charge is 0.481 e. The second kappa shape index (κ2) is 15.1. The molecule has 0 spiro atoms. The molecule has 1 fully saturated rings. The Kier molecular flexibility index (Phi) is 10.6. The third-order valence-electron chi connectivity index (χ3n) is 8.77. The number of rotatable bonds is 8. The molecular formula is C36H35Cl2F2N7O3. The van der Waals surface area contributed by atoms with Crippen LogP contribution in [0.5, 0.6) is 5.88 Å². The molecule has 50 heavy (non-hydrogen) atoms. The number of nitrogens with zero attached hydrogens (tertiary/aromatic N) is 4. The SMILES string of the molecule is CNCC1CCC(=O)N1.COc1nc(-c2cccc(-c3cccc(Nc4nc(C(F)F)cc5cnn(C)c(=O)c45)c3Cl)c2Cl)cc2c1CCC2. The van der Waals surface area contributed by atoms with Gasteiger partial charge in [-0.25, -0.2) is 23.4 Å². The number of hydrogen-bond donors (Lipinski definition) is 3. The van der Waals surface area contributed by atoms with Crippen LogP contribution in [0.25, 0.3) is 33.2 Å². The molecule has 1 amide bonds. The summed E-state index contributed by atoms with van der Waals surface area (Å²) in [6, 6.07) is 14.4. The topological polar surface area (TPSA) is 123 Å². The minimum absolute atomic E-state index is 0.0471. The average Bonchev–Trinajstić information content (AvgIpc) is 3.76. The quantitative estimate of drug-likeness (QED) is 0.156. The molecule has 3 aromatic heterocycles. The number of halogens is 4. The molecule has 0 bridgehead atoms. The predicted molar refractivity (Wildman–Crippen MR) is 192 cm³/mol. The maximum atomic E-state index is 13.7. The van der Waals surface area contributed by atoms with Gasteiger partial charge in [0.05, 0.1) is 40.1 Å². The second-order valence-corrected chi connectivity index (χ2v) is 12.8. The Bertz CT molecular complexity index is 2140. The minimum Gasteiger partial charge on any atom is -0.481 e. The summed E-state index contributed by atoms with van der Waals surface area (Å²) < 4.78 is 34.0. The van der Waals surface area contributed by atoms with E-state index < -0.39 is 17.7 Å². The second-order valence-electron chi connectivity index (χ2n) is 12.1. The normalized spacial score (nSPS) is 15.1. The van der Waals surface area contributed by atoms with Crippen molar-refractivity contribution in [3.63, 3.8) is 0 Å². The van der Waals surface area contributed by atoms with Crippen molar-refractivity contribution in [3.05, 3.63) is 91.9 Å². The van der Waals surface area contributed by atoms with E-state index in [4.69, 9.17) is 32.9 Å². The number of anilines is 2. The van der Waals surface area contributed by atoms with E-state index in [2.05, 4.69) is 32.1 Å². The summed E-state index contributed by atoms with van der Waals surface area (Å²) in [4.78, 5) is 32.3. The number of fused-ring (bicyclic) bond motifs is 2. The Morgan fingerprint density at radius 2 is 1.76 bits per heavy atom. The minimum atomic E-state index is -2.85. The lowest BCUT2D eigenvalue weighted by atomic mass is 9.99. The van der Waals surface area contributed by atoms with E-state index in [1.165, 1.54) is 18.8 Å². The van der Waals surface area contributed by atoms with Gasteiger partial charge in [0.15, 0.2) is 0 Å². The lowest BCUT2D eigenvalue weighted by Crippen LogP contribution is -2.33. The van der Waals surface area contributed by atoms with E-state index in [0.717, 1.165) is 54.1 Å². The molecule has 1 aliphatic heterocycles. The number of aryl methyl sites for hydroxylation is 2. The van der Waals surface area contributed by atoms with E-state index in [1.54, 1.807) is 25.3 Å². The molecular weight excluding hydrogens is 687 g/mol. The van der Waals surface area contributed by atoms with E-state index in [-0.39, 0.29) is 27.5 Å². The van der Waals surface area contributed by atoms with Crippen LogP contribution in [0.1, 0.15) is 42.5 Å². The molecule has 1 saturated heterocycles. The molecule has 1 aliphatic carbocycles. The number of carbonyl (C=O) groups excluding carboxylic acids is 1. The molecule has 260 valence electrons. The summed E-state index contributed by atoms with van der Waals surface area (Å²) in [6.07, 6.45) is 3.12. The molecule has 14 heteroatoms. The van der Waals surface area contributed by atoms with Crippen molar-refractivity contribution < 1.29 is 18.3 Å². The monoisotopic (exact) mass is 721 g/mol. The standard InChI is InChI=1S/C30H23Cl2F2N5O2.C6H12N2O/c1-39-30(40)24-16(14-35-39)13-23(27(33)34)37-28(24)36-21-11-5-9-19(26(21)32)18-8-4-10-20(25(18)31)22-12-15-6-3-7-17(15)29(38-22)41-2;1-7-4-5-2-3-6(9)8-5/h4-5,8-14,27H,3,6-7H2,1-2H3,(H,36,37);5,7H,2-4H2,1H3,(H,8,9). The highest BCUT2D eigenvalue weighted by Gasteiger charge is 2.23. The number of carbonyl (C=O) groups is 1. The third-order valence-corrected chi connectivity index (χ3v) is 9.58. The van der Waals surface area contributed by atoms with Gasteiger partial charge in [0.1, 0.15) is 11.5 Å². The fourth-order valence-electron chi connectivity index (χ4n) is 6.31. The summed E-state index contributed by atoms with van der Waals surface area (Å²) in [6.45, 7) is 0.895. The maximum Gasteiger partial charge on any atom is 0.280 e. The fourth-order valence-corrected chi connectivity index (χ4v) is 6.91. The Balaban J connectivity index is 0.000000419. The molecule has 7 rings (SSSR count). The molecule has 5 aromatic rings. The van der Waals surface area contributed by atoms with Crippen LogP contribution in [0.2, 0.25) is 10.0 Å². The molecule has 1 atom stereocenters. The summed E-state index contributed by atoms with van der Waals surface area (Å²) in [5.41, 5.74) is 4.39. The van der Waals surface area contributed by atoms with Gasteiger partial charge in [-0.2, -0.15) is 5.10 Å². The zero-order valence-electron chi connectivity index (χ0n) is 27.6. The van der Waals surface area contributed by atoms with Crippen LogP contribution in [0.4, 0.5) is 20.3 Å². The van der Waals surface area contributed by atoms with Gasteiger partial charge in [-0.15, -0.1) is 0 Å². The maximum absolute atomic E-state index is 13.7. The number of nitrogens with one attached hydrogen (secondary N) is 3. The number of alkyl halides is 2. The van der Waals surface area contributed by atoms with Crippen LogP contribution in [0.15, 0.2) is 59.5 Å². The first kappa shape index (κ1) is 35.2. The number of hydrogen-bond acceptors (Lipinski definition) is 8. The summed E-state index contributed by atoms with van der Waals surface area (Å²) in [5.74, 6) is 0.747. The number of ether oxygens (including phenoxy) is 1. The molecule has 0 radical (unpaired) electrons. The van der Waals surface area contributed by atoms with E-state index in [9.17, 15) is 18.4 Å². The van der Waals surface area contributed by atoms with Gasteiger partial charge in [-0.3, -0.25) is 9.59 Å². The van der Waals surface area contributed by atoms with Crippen molar-refractivity contribution in [2.24, 2.45) is 7.05 Å². The number of amides is 1. The zero-order chi connectivity index (χ0) is 35.5. The molecule has 2 aromatic carbocycles. The van der Waals surface area contributed by atoms with Crippen LogP contribution in [0.3, 0.4) is 0 Å². The Hall–Kier alpha value is -4.65. The lowest BCUT2D eigenvalue weighted by molar-refractivity contribution is -0.119. The first-order chi connectivity index (χ1) is 24.1. The average molecular weight is 723 g/mol. The van der Waals surface area contributed by atoms with Crippen LogP contribution in [0, 0.1) is 0 Å². The van der Waals surface area contributed by atoms with Crippen LogP contribution in [-0.2, 0) is 24.7 Å². The van der Waals surface area contributed by atoms with Crippen LogP contribution >= 0.6 is 23.2 Å². The number of likely N-dealkylation sites (N-methyl/N-ethyl adjacent to an activating group) is 1. The summed E-state index contributed by atoms with van der Waals surface area (Å²) in [5, 5.41) is 13.9. The van der Waals surface area contributed by atoms with Gasteiger partial charge >= 0.3 is 0 Å². The fraction of sp³-hybridized carbons (Fsp3) is 0.306. The Labute approximate surface area is 297 Å². The Morgan fingerprint density at radius 1 is 1.02 bits per heavy atom. The van der Waals surface area contributed by atoms with E-state index in [1.807, 2.05) is 25.2 Å². The first-order valence-corrected chi connectivity index (χ1v) is 16.9. The Morgan fingerprint density at radius 3 is 2.46 bits per heavy atom. The highest BCUT2D eigenvalue weighted by atomic mass is 35.5. The lowest BCUT2D eigenvalue weighted by Gasteiger charge is -2.16. The number of methoxy groups -OCH3 is 1. The van der Waals surface area contributed by atoms with Crippen LogP contribution in [-0.4, -0.2) is 52.4 Å². The van der Waals surface area contributed by atoms with Crippen molar-refractivity contribution >= 4 is 51.4 Å². The summed E-state index contributed by atoms with van der Waals surface area (Å²) >= 11 is 13.9. The van der Waals surface area contributed by atoms with E-state index in [0.29, 0.717) is 45.9 Å². The smallest absolute Gasteiger partial charge is 0.280 e. The zero-order valence-corrected chi connectivity index (χ0v) is 29.1. The third kappa shape index (κ3) is 7.14. The highest BCUT2D eigenvalue weighted by Crippen LogP contribution is 2.43. The summed E-state index contributed by atoms with van der Waals surface area (Å²) in [7, 11) is 4.98. The predicted octanol–water partition coefficient (Wildman–Crippen LogP) is 7.03. The van der Waals surface area contributed by atoms with Gasteiger partial charge in [0, 0.05) is 53.7 Å².